The fourth-order valence-electron chi connectivity index (χ4n) is 2.60. The summed E-state index contributed by atoms with van der Waals surface area (Å²) in [7, 11) is 0. The first-order valence-electron chi connectivity index (χ1n) is 9.37. The summed E-state index contributed by atoms with van der Waals surface area (Å²) in [6.45, 7) is 3.06. The average Bonchev–Trinajstić information content (AvgIpc) is 3.20. The van der Waals surface area contributed by atoms with Gasteiger partial charge in [0.15, 0.2) is 17.6 Å². The van der Waals surface area contributed by atoms with Gasteiger partial charge in [0.1, 0.15) is 6.04 Å². The Hall–Kier alpha value is -3.81. The molecule has 0 unspecified atom stereocenters. The third-order valence-electron chi connectivity index (χ3n) is 4.24. The van der Waals surface area contributed by atoms with Crippen LogP contribution < -0.4 is 20.1 Å². The van der Waals surface area contributed by atoms with E-state index in [4.69, 9.17) is 14.2 Å². The van der Waals surface area contributed by atoms with Crippen molar-refractivity contribution in [3.63, 3.8) is 0 Å². The number of amides is 2. The number of hydrogen-bond acceptors (Lipinski definition) is 6. The Balaban J connectivity index is 1.47. The van der Waals surface area contributed by atoms with Gasteiger partial charge in [-0.25, -0.2) is 4.79 Å². The minimum atomic E-state index is -1.05. The van der Waals surface area contributed by atoms with Crippen LogP contribution in [0.15, 0.2) is 54.6 Å². The van der Waals surface area contributed by atoms with E-state index >= 15 is 0 Å². The molecular formula is C22H22N2O6. The molecule has 8 nitrogen and oxygen atoms in total. The highest BCUT2D eigenvalue weighted by atomic mass is 16.7. The van der Waals surface area contributed by atoms with Gasteiger partial charge in [0.2, 0.25) is 12.7 Å². The summed E-state index contributed by atoms with van der Waals surface area (Å²) in [4.78, 5) is 36.5. The molecule has 1 heterocycles. The monoisotopic (exact) mass is 410 g/mol. The number of fused-ring (bicyclic) bond motifs is 1. The normalized spacial score (nSPS) is 14.1. The lowest BCUT2D eigenvalue weighted by Gasteiger charge is -2.17. The van der Waals surface area contributed by atoms with E-state index in [-0.39, 0.29) is 6.79 Å². The predicted octanol–water partition coefficient (Wildman–Crippen LogP) is 2.50. The van der Waals surface area contributed by atoms with Crippen LogP contribution in [0.3, 0.4) is 0 Å². The first-order valence-corrected chi connectivity index (χ1v) is 9.37. The Labute approximate surface area is 173 Å². The van der Waals surface area contributed by atoms with Crippen molar-refractivity contribution in [2.75, 3.05) is 12.1 Å². The van der Waals surface area contributed by atoms with Gasteiger partial charge in [0.25, 0.3) is 5.91 Å². The SMILES string of the molecule is C[C@H](NC(=O)/C=C/c1ccccc1)C(=O)O[C@@H](C)C(=O)Nc1ccc2c(c1)OCO2. The number of esters is 1. The number of carbonyl (C=O) groups excluding carboxylic acids is 3. The maximum atomic E-state index is 12.3. The van der Waals surface area contributed by atoms with Gasteiger partial charge in [-0.2, -0.15) is 0 Å². The third-order valence-corrected chi connectivity index (χ3v) is 4.24. The number of nitrogens with one attached hydrogen (secondary N) is 2. The van der Waals surface area contributed by atoms with Crippen LogP contribution in [0.4, 0.5) is 5.69 Å². The van der Waals surface area contributed by atoms with E-state index in [9.17, 15) is 14.4 Å². The van der Waals surface area contributed by atoms with Crippen LogP contribution in [0.1, 0.15) is 19.4 Å². The molecule has 2 amide bonds. The van der Waals surface area contributed by atoms with Gasteiger partial charge in [0, 0.05) is 17.8 Å². The summed E-state index contributed by atoms with van der Waals surface area (Å²) in [6.07, 6.45) is 1.91. The number of ether oxygens (including phenoxy) is 3. The first kappa shape index (κ1) is 20.9. The largest absolute Gasteiger partial charge is 0.454 e. The molecule has 8 heteroatoms. The van der Waals surface area contributed by atoms with Gasteiger partial charge in [-0.15, -0.1) is 0 Å². The van der Waals surface area contributed by atoms with Crippen LogP contribution in [0.5, 0.6) is 11.5 Å². The van der Waals surface area contributed by atoms with E-state index in [1.807, 2.05) is 30.3 Å². The van der Waals surface area contributed by atoms with Crippen LogP contribution in [0.2, 0.25) is 0 Å². The molecule has 30 heavy (non-hydrogen) atoms. The molecule has 0 bridgehead atoms. The third kappa shape index (κ3) is 5.60. The molecule has 2 atom stereocenters. The Morgan fingerprint density at radius 1 is 1.03 bits per heavy atom. The highest BCUT2D eigenvalue weighted by Gasteiger charge is 2.23. The highest BCUT2D eigenvalue weighted by Crippen LogP contribution is 2.34. The van der Waals surface area contributed by atoms with E-state index in [2.05, 4.69) is 10.6 Å². The fraction of sp³-hybridized carbons (Fsp3) is 0.227. The maximum absolute atomic E-state index is 12.3. The van der Waals surface area contributed by atoms with E-state index < -0.39 is 29.9 Å². The molecule has 0 fully saturated rings. The van der Waals surface area contributed by atoms with Gasteiger partial charge in [-0.1, -0.05) is 30.3 Å². The van der Waals surface area contributed by atoms with Crippen molar-refractivity contribution in [1.29, 1.82) is 0 Å². The summed E-state index contributed by atoms with van der Waals surface area (Å²) < 4.78 is 15.6. The molecule has 156 valence electrons. The second kappa shape index (κ2) is 9.60. The van der Waals surface area contributed by atoms with Crippen molar-refractivity contribution in [3.8, 4) is 11.5 Å². The summed E-state index contributed by atoms with van der Waals surface area (Å²) in [5, 5.41) is 5.15. The lowest BCUT2D eigenvalue weighted by atomic mass is 10.2. The van der Waals surface area contributed by atoms with Gasteiger partial charge in [-0.3, -0.25) is 9.59 Å². The topological polar surface area (TPSA) is 103 Å². The first-order chi connectivity index (χ1) is 14.4. The van der Waals surface area contributed by atoms with E-state index in [0.717, 1.165) is 5.56 Å². The molecule has 0 spiro atoms. The zero-order valence-electron chi connectivity index (χ0n) is 16.6. The van der Waals surface area contributed by atoms with Gasteiger partial charge in [-0.05, 0) is 37.6 Å². The molecule has 2 aromatic rings. The molecule has 1 aliphatic heterocycles. The number of carbonyl (C=O) groups is 3. The van der Waals surface area contributed by atoms with Crippen molar-refractivity contribution >= 4 is 29.5 Å². The van der Waals surface area contributed by atoms with Gasteiger partial charge in [0.05, 0.1) is 0 Å². The summed E-state index contributed by atoms with van der Waals surface area (Å²) in [5.41, 5.74) is 1.34. The van der Waals surface area contributed by atoms with Gasteiger partial charge >= 0.3 is 5.97 Å². The molecule has 0 aromatic heterocycles. The van der Waals surface area contributed by atoms with Crippen molar-refractivity contribution < 1.29 is 28.6 Å². The Bertz CT molecular complexity index is 957. The molecule has 0 radical (unpaired) electrons. The second-order valence-corrected chi connectivity index (χ2v) is 6.61. The molecular weight excluding hydrogens is 388 g/mol. The van der Waals surface area contributed by atoms with E-state index in [1.165, 1.54) is 19.9 Å². The van der Waals surface area contributed by atoms with Crippen LogP contribution in [0.25, 0.3) is 6.08 Å². The number of benzene rings is 2. The highest BCUT2D eigenvalue weighted by molar-refractivity contribution is 5.97. The quantitative estimate of drug-likeness (QED) is 0.537. The number of anilines is 1. The molecule has 0 saturated heterocycles. The molecule has 2 aromatic carbocycles. The van der Waals surface area contributed by atoms with Crippen LogP contribution in [-0.2, 0) is 19.1 Å². The minimum absolute atomic E-state index is 0.130. The van der Waals surface area contributed by atoms with Crippen LogP contribution in [0, 0.1) is 0 Å². The van der Waals surface area contributed by atoms with Crippen molar-refractivity contribution in [1.82, 2.24) is 5.32 Å². The molecule has 3 rings (SSSR count). The Morgan fingerprint density at radius 3 is 2.53 bits per heavy atom. The van der Waals surface area contributed by atoms with Crippen molar-refractivity contribution in [2.24, 2.45) is 0 Å². The smallest absolute Gasteiger partial charge is 0.329 e. The van der Waals surface area contributed by atoms with Crippen LogP contribution >= 0.6 is 0 Å². The molecule has 0 saturated carbocycles. The lowest BCUT2D eigenvalue weighted by Crippen LogP contribution is -2.41. The average molecular weight is 410 g/mol. The van der Waals surface area contributed by atoms with E-state index in [1.54, 1.807) is 24.3 Å². The summed E-state index contributed by atoms with van der Waals surface area (Å²) in [6, 6.07) is 13.3. The Morgan fingerprint density at radius 2 is 1.77 bits per heavy atom. The summed E-state index contributed by atoms with van der Waals surface area (Å²) >= 11 is 0. The minimum Gasteiger partial charge on any atom is -0.454 e. The van der Waals surface area contributed by atoms with Crippen LogP contribution in [-0.4, -0.2) is 36.7 Å². The fourth-order valence-corrected chi connectivity index (χ4v) is 2.60. The number of rotatable bonds is 7. The molecule has 2 N–H and O–H groups in total. The molecule has 0 aliphatic carbocycles. The Kier molecular flexibility index (Phi) is 6.69. The lowest BCUT2D eigenvalue weighted by molar-refractivity contribution is -0.155. The van der Waals surface area contributed by atoms with Gasteiger partial charge < -0.3 is 24.8 Å². The van der Waals surface area contributed by atoms with Crippen molar-refractivity contribution in [2.45, 2.75) is 26.0 Å². The van der Waals surface area contributed by atoms with Crippen molar-refractivity contribution in [3.05, 3.63) is 60.2 Å². The van der Waals surface area contributed by atoms with E-state index in [0.29, 0.717) is 17.2 Å². The number of hydrogen-bond donors (Lipinski definition) is 2. The molecule has 1 aliphatic rings. The standard InChI is InChI=1S/C22H22N2O6/c1-14(23-20(25)11-8-16-6-4-3-5-7-16)22(27)30-15(2)21(26)24-17-9-10-18-19(12-17)29-13-28-18/h3-12,14-15H,13H2,1-2H3,(H,23,25)(H,24,26)/b11-8+/t14-,15-/m0/s1. The second-order valence-electron chi connectivity index (χ2n) is 6.61. The zero-order chi connectivity index (χ0) is 21.5. The predicted molar refractivity (Wildman–Crippen MR) is 110 cm³/mol. The summed E-state index contributed by atoms with van der Waals surface area (Å²) in [5.74, 6) is -0.550. The zero-order valence-corrected chi connectivity index (χ0v) is 16.6. The maximum Gasteiger partial charge on any atom is 0.329 e.